The van der Waals surface area contributed by atoms with Gasteiger partial charge in [0.25, 0.3) is 52.8 Å². The van der Waals surface area contributed by atoms with E-state index in [-0.39, 0.29) is 69.9 Å². The Hall–Kier alpha value is -9.21. The average Bonchev–Trinajstić information content (AvgIpc) is 1.64. The molecule has 6 aromatic rings. The van der Waals surface area contributed by atoms with E-state index in [9.17, 15) is 61.1 Å². The van der Waals surface area contributed by atoms with Crippen LogP contribution < -0.4 is 31.9 Å². The van der Waals surface area contributed by atoms with Gasteiger partial charge in [0.15, 0.2) is 0 Å². The molecule has 3 aromatic carbocycles. The van der Waals surface area contributed by atoms with Crippen LogP contribution in [0.15, 0.2) is 54.6 Å². The number of carbonyl (C=O) groups is 10. The van der Waals surface area contributed by atoms with Crippen molar-refractivity contribution in [2.75, 3.05) is 16.0 Å². The van der Waals surface area contributed by atoms with Gasteiger partial charge in [0.1, 0.15) is 23.2 Å². The Kier molecular flexibility index (Phi) is 24.2. The van der Waals surface area contributed by atoms with Crippen LogP contribution in [0, 0.1) is 85.7 Å². The number of benzene rings is 3. The molecule has 3 heterocycles. The summed E-state index contributed by atoms with van der Waals surface area (Å²) in [5.74, 6) is -5.64. The standard InChI is InChI=1S/2C25H32FN3O3.C23H26FN3O4/c1-6-29-17(5)21(24(31)28-19-11-12-20(26)15(3)13-19)16(4)22(29)23(30)25(32)27-18-9-7-14(2)8-10-18;1-6-29-17(4)20(23(31)27-18-10-11-19(26)15(2)14-18)16(3)21(29)22(30)24(32)28-25(5)12-8-7-9-13-25;1-12-10-16(8-9-18(12)24)25-22(30)19-13(2)20(27(4)14(19)3)21(29)23(31)26-15-6-5-7-17(28)11-15/h11-14,18H,6-10H2,1-5H3,(H,27,32)(H,28,31);10-11,14H,6-9,12-13H2,1-5H3,(H,27,31)(H,28,32);8-10,15H,5-7,11H2,1-4H3,(H,25,30)(H,26,31). The minimum Gasteiger partial charge on any atom is -0.346 e. The summed E-state index contributed by atoms with van der Waals surface area (Å²) in [5.41, 5.74) is 6.91. The molecule has 0 saturated heterocycles. The summed E-state index contributed by atoms with van der Waals surface area (Å²) in [6, 6.07) is 12.6. The van der Waals surface area contributed by atoms with Gasteiger partial charge in [0, 0.05) is 84.7 Å². The minimum absolute atomic E-state index is 0.0126. The number of anilines is 3. The maximum absolute atomic E-state index is 13.6. The van der Waals surface area contributed by atoms with Crippen molar-refractivity contribution in [3.8, 4) is 0 Å². The highest BCUT2D eigenvalue weighted by Gasteiger charge is 2.36. The molecule has 0 radical (unpaired) electrons. The Labute approximate surface area is 553 Å². The van der Waals surface area contributed by atoms with Crippen molar-refractivity contribution in [1.82, 2.24) is 29.7 Å². The summed E-state index contributed by atoms with van der Waals surface area (Å²) in [4.78, 5) is 128. The molecule has 6 amide bonds. The quantitative estimate of drug-likeness (QED) is 0.0372. The number of hydrogen-bond acceptors (Lipinski definition) is 10. The Balaban J connectivity index is 0.000000201. The maximum atomic E-state index is 13.6. The number of rotatable bonds is 17. The second-order valence-electron chi connectivity index (χ2n) is 25.9. The van der Waals surface area contributed by atoms with Crippen molar-refractivity contribution in [3.63, 3.8) is 0 Å². The molecule has 3 aliphatic rings. The molecule has 0 aliphatic heterocycles. The second-order valence-corrected chi connectivity index (χ2v) is 25.9. The number of Topliss-reactive ketones (excluding diaryl/α,β-unsaturated/α-hetero) is 4. The van der Waals surface area contributed by atoms with Gasteiger partial charge < -0.3 is 45.6 Å². The molecule has 9 rings (SSSR count). The van der Waals surface area contributed by atoms with Gasteiger partial charge in [-0.3, -0.25) is 47.9 Å². The molecular formula is C73H90F3N9O10. The molecule has 508 valence electrons. The molecule has 3 saturated carbocycles. The largest absolute Gasteiger partial charge is 0.346 e. The number of carbonyl (C=O) groups excluding carboxylic acids is 10. The van der Waals surface area contributed by atoms with Crippen LogP contribution in [0.2, 0.25) is 0 Å². The highest BCUT2D eigenvalue weighted by molar-refractivity contribution is 6.44. The van der Waals surface area contributed by atoms with E-state index in [1.54, 1.807) is 90.6 Å². The summed E-state index contributed by atoms with van der Waals surface area (Å²) in [5, 5.41) is 16.8. The Morgan fingerprint density at radius 3 is 1.27 bits per heavy atom. The fourth-order valence-corrected chi connectivity index (χ4v) is 13.4. The van der Waals surface area contributed by atoms with E-state index < -0.39 is 52.8 Å². The summed E-state index contributed by atoms with van der Waals surface area (Å²) in [7, 11) is 1.62. The number of nitrogens with zero attached hydrogens (tertiary/aromatic N) is 3. The lowest BCUT2D eigenvalue weighted by Gasteiger charge is -2.34. The topological polar surface area (TPSA) is 258 Å². The van der Waals surface area contributed by atoms with Gasteiger partial charge in [0.2, 0.25) is 0 Å². The molecule has 0 bridgehead atoms. The third kappa shape index (κ3) is 17.0. The van der Waals surface area contributed by atoms with Gasteiger partial charge in [-0.05, 0) is 228 Å². The van der Waals surface area contributed by atoms with Crippen LogP contribution >= 0.6 is 0 Å². The molecular weight excluding hydrogens is 1220 g/mol. The van der Waals surface area contributed by atoms with Gasteiger partial charge in [-0.1, -0.05) is 26.2 Å². The molecule has 1 atom stereocenters. The minimum atomic E-state index is -0.787. The molecule has 19 nitrogen and oxygen atoms in total. The van der Waals surface area contributed by atoms with E-state index in [0.29, 0.717) is 117 Å². The van der Waals surface area contributed by atoms with Crippen LogP contribution in [0.25, 0.3) is 0 Å². The third-order valence-electron chi connectivity index (χ3n) is 18.8. The number of halogens is 3. The SMILES string of the molecule is CCn1c(C)c(C(=O)Nc2ccc(F)c(C)c2)c(C)c1C(=O)C(=O)NC1(C)CCCCC1.CCn1c(C)c(C(=O)Nc2ccc(F)c(C)c2)c(C)c1C(=O)C(=O)NC1CCC(C)CC1.Cc1cc(NC(=O)c2c(C)c(C(=O)C(=O)NC3CCCC(=O)C3)n(C)c2C)ccc1F. The van der Waals surface area contributed by atoms with Crippen molar-refractivity contribution in [3.05, 3.63) is 156 Å². The molecule has 22 heteroatoms. The van der Waals surface area contributed by atoms with Crippen LogP contribution in [0.5, 0.6) is 0 Å². The lowest BCUT2D eigenvalue weighted by Crippen LogP contribution is -2.50. The molecule has 1 unspecified atom stereocenters. The van der Waals surface area contributed by atoms with E-state index in [1.807, 2.05) is 20.8 Å². The summed E-state index contributed by atoms with van der Waals surface area (Å²) in [6.45, 7) is 23.9. The third-order valence-corrected chi connectivity index (χ3v) is 18.8. The Morgan fingerprint density at radius 2 is 0.874 bits per heavy atom. The zero-order valence-electron chi connectivity index (χ0n) is 57.1. The zero-order chi connectivity index (χ0) is 70.1. The lowest BCUT2D eigenvalue weighted by atomic mass is 9.83. The first-order valence-corrected chi connectivity index (χ1v) is 32.7. The summed E-state index contributed by atoms with van der Waals surface area (Å²) in [6.07, 6.45) is 10.8. The number of amides is 6. The molecule has 3 aromatic heterocycles. The molecule has 3 fully saturated rings. The van der Waals surface area contributed by atoms with Crippen LogP contribution in [0.3, 0.4) is 0 Å². The van der Waals surface area contributed by atoms with Crippen molar-refractivity contribution >= 4 is 75.6 Å². The van der Waals surface area contributed by atoms with Crippen LogP contribution in [0.4, 0.5) is 30.2 Å². The van der Waals surface area contributed by atoms with Gasteiger partial charge in [-0.15, -0.1) is 0 Å². The van der Waals surface area contributed by atoms with Crippen molar-refractivity contribution in [2.24, 2.45) is 13.0 Å². The van der Waals surface area contributed by atoms with E-state index in [0.717, 1.165) is 57.8 Å². The van der Waals surface area contributed by atoms with Gasteiger partial charge in [-0.2, -0.15) is 0 Å². The highest BCUT2D eigenvalue weighted by Crippen LogP contribution is 2.32. The number of aryl methyl sites for hydroxylation is 3. The summed E-state index contributed by atoms with van der Waals surface area (Å²) >= 11 is 0. The molecule has 95 heavy (non-hydrogen) atoms. The molecule has 6 N–H and O–H groups in total. The first kappa shape index (κ1) is 73.2. The maximum Gasteiger partial charge on any atom is 0.294 e. The molecule has 3 aliphatic carbocycles. The normalized spacial score (nSPS) is 16.6. The van der Waals surface area contributed by atoms with E-state index in [4.69, 9.17) is 0 Å². The first-order chi connectivity index (χ1) is 44.8. The zero-order valence-corrected chi connectivity index (χ0v) is 57.1. The van der Waals surface area contributed by atoms with E-state index in [2.05, 4.69) is 38.8 Å². The smallest absolute Gasteiger partial charge is 0.294 e. The van der Waals surface area contributed by atoms with E-state index in [1.165, 1.54) is 47.0 Å². The fourth-order valence-electron chi connectivity index (χ4n) is 13.4. The van der Waals surface area contributed by atoms with Gasteiger partial charge in [0.05, 0.1) is 33.8 Å². The number of hydrogen-bond donors (Lipinski definition) is 6. The lowest BCUT2D eigenvalue weighted by molar-refractivity contribution is -0.122. The van der Waals surface area contributed by atoms with Crippen LogP contribution in [-0.4, -0.2) is 89.9 Å². The van der Waals surface area contributed by atoms with Crippen LogP contribution in [0.1, 0.15) is 224 Å². The van der Waals surface area contributed by atoms with Gasteiger partial charge >= 0.3 is 0 Å². The Bertz CT molecular complexity index is 4010. The van der Waals surface area contributed by atoms with Crippen LogP contribution in [-0.2, 0) is 39.3 Å². The van der Waals surface area contributed by atoms with E-state index >= 15 is 0 Å². The average molecular weight is 1310 g/mol. The monoisotopic (exact) mass is 1310 g/mol. The summed E-state index contributed by atoms with van der Waals surface area (Å²) < 4.78 is 45.5. The Morgan fingerprint density at radius 1 is 0.495 bits per heavy atom. The fraction of sp³-hybridized carbons (Fsp3) is 0.452. The predicted molar refractivity (Wildman–Crippen MR) is 359 cm³/mol. The van der Waals surface area contributed by atoms with Gasteiger partial charge in [-0.25, -0.2) is 13.2 Å². The number of nitrogens with one attached hydrogen (secondary N) is 6. The van der Waals surface area contributed by atoms with Crippen molar-refractivity contribution in [1.29, 1.82) is 0 Å². The van der Waals surface area contributed by atoms with Crippen molar-refractivity contribution < 1.29 is 61.1 Å². The first-order valence-electron chi connectivity index (χ1n) is 32.7. The number of ketones is 4. The van der Waals surface area contributed by atoms with Crippen molar-refractivity contribution in [2.45, 2.75) is 204 Å². The highest BCUT2D eigenvalue weighted by atomic mass is 19.1. The number of aromatic nitrogens is 3. The predicted octanol–water partition coefficient (Wildman–Crippen LogP) is 12.7. The second kappa shape index (κ2) is 31.4. The molecule has 0 spiro atoms.